The topological polar surface area (TPSA) is 57.6 Å². The van der Waals surface area contributed by atoms with Crippen LogP contribution in [0.25, 0.3) is 0 Å². The molecule has 0 radical (unpaired) electrons. The van der Waals surface area contributed by atoms with E-state index >= 15 is 0 Å². The Hall–Kier alpha value is -0.130. The SMILES string of the molecule is CN1C2C3CC(CC3S1(=O)=O)[C@@H]2O. The number of aliphatic hydroxyl groups excluding tert-OH is 1. The Balaban J connectivity index is 2.15. The van der Waals surface area contributed by atoms with Gasteiger partial charge in [-0.15, -0.1) is 0 Å². The number of sulfonamides is 1. The summed E-state index contributed by atoms with van der Waals surface area (Å²) >= 11 is 0. The molecule has 1 N–H and O–H groups in total. The molecule has 2 aliphatic carbocycles. The summed E-state index contributed by atoms with van der Waals surface area (Å²) in [6.45, 7) is 0. The van der Waals surface area contributed by atoms with Gasteiger partial charge in [-0.1, -0.05) is 0 Å². The smallest absolute Gasteiger partial charge is 0.217 e. The fourth-order valence-electron chi connectivity index (χ4n) is 3.45. The summed E-state index contributed by atoms with van der Waals surface area (Å²) in [7, 11) is -1.47. The van der Waals surface area contributed by atoms with Crippen LogP contribution >= 0.6 is 0 Å². The van der Waals surface area contributed by atoms with Gasteiger partial charge < -0.3 is 5.11 Å². The molecule has 2 bridgehead atoms. The maximum atomic E-state index is 11.8. The van der Waals surface area contributed by atoms with Crippen molar-refractivity contribution in [3.63, 3.8) is 0 Å². The monoisotopic (exact) mass is 203 g/mol. The van der Waals surface area contributed by atoms with Crippen LogP contribution in [0, 0.1) is 11.8 Å². The Kier molecular flexibility index (Phi) is 1.32. The molecule has 4 nitrogen and oxygen atoms in total. The van der Waals surface area contributed by atoms with Crippen molar-refractivity contribution in [3.05, 3.63) is 0 Å². The number of fused-ring (bicyclic) bond motifs is 1. The third-order valence-corrected chi connectivity index (χ3v) is 6.42. The molecule has 0 aromatic rings. The maximum absolute atomic E-state index is 11.8. The lowest BCUT2D eigenvalue weighted by atomic mass is 9.93. The Morgan fingerprint density at radius 2 is 2.08 bits per heavy atom. The molecule has 1 heterocycles. The van der Waals surface area contributed by atoms with Crippen molar-refractivity contribution in [1.82, 2.24) is 4.31 Å². The Morgan fingerprint density at radius 1 is 1.38 bits per heavy atom. The number of likely N-dealkylation sites (N-methyl/N-ethyl adjacent to an activating group) is 1. The first-order chi connectivity index (χ1) is 6.03. The molecule has 5 heteroatoms. The molecule has 1 saturated heterocycles. The molecule has 2 saturated carbocycles. The lowest BCUT2D eigenvalue weighted by Gasteiger charge is -2.23. The molecule has 0 aromatic carbocycles. The summed E-state index contributed by atoms with van der Waals surface area (Å²) < 4.78 is 24.9. The van der Waals surface area contributed by atoms with Crippen molar-refractivity contribution in [2.45, 2.75) is 30.2 Å². The van der Waals surface area contributed by atoms with Crippen LogP contribution in [-0.4, -0.2) is 42.3 Å². The lowest BCUT2D eigenvalue weighted by molar-refractivity contribution is 0.0692. The van der Waals surface area contributed by atoms with Crippen LogP contribution in [0.1, 0.15) is 12.8 Å². The van der Waals surface area contributed by atoms with Crippen molar-refractivity contribution in [1.29, 1.82) is 0 Å². The molecular weight excluding hydrogens is 190 g/mol. The van der Waals surface area contributed by atoms with Crippen molar-refractivity contribution in [2.75, 3.05) is 7.05 Å². The summed E-state index contributed by atoms with van der Waals surface area (Å²) in [5, 5.41) is 9.62. The van der Waals surface area contributed by atoms with Crippen LogP contribution in [-0.2, 0) is 10.0 Å². The van der Waals surface area contributed by atoms with E-state index in [-0.39, 0.29) is 23.1 Å². The zero-order valence-electron chi connectivity index (χ0n) is 7.42. The number of rotatable bonds is 0. The fraction of sp³-hybridized carbons (Fsp3) is 1.00. The van der Waals surface area contributed by atoms with Gasteiger partial charge in [0.25, 0.3) is 0 Å². The minimum Gasteiger partial charge on any atom is -0.391 e. The molecule has 0 spiro atoms. The summed E-state index contributed by atoms with van der Waals surface area (Å²) in [4.78, 5) is 0. The second kappa shape index (κ2) is 2.10. The zero-order valence-corrected chi connectivity index (χ0v) is 8.24. The first-order valence-corrected chi connectivity index (χ1v) is 6.18. The third-order valence-electron chi connectivity index (χ3n) is 4.06. The predicted octanol–water partition coefficient (Wildman–Crippen LogP) is -0.601. The number of nitrogens with zero attached hydrogens (tertiary/aromatic N) is 1. The highest BCUT2D eigenvalue weighted by molar-refractivity contribution is 7.90. The molecule has 13 heavy (non-hydrogen) atoms. The summed E-state index contributed by atoms with van der Waals surface area (Å²) in [5.74, 6) is 0.440. The van der Waals surface area contributed by atoms with Crippen molar-refractivity contribution in [3.8, 4) is 0 Å². The Bertz CT molecular complexity index is 352. The number of hydrogen-bond donors (Lipinski definition) is 1. The van der Waals surface area contributed by atoms with Crippen LogP contribution in [0.2, 0.25) is 0 Å². The van der Waals surface area contributed by atoms with Gasteiger partial charge >= 0.3 is 0 Å². The molecule has 0 aromatic heterocycles. The molecule has 74 valence electrons. The van der Waals surface area contributed by atoms with Crippen molar-refractivity contribution >= 4 is 10.0 Å². The minimum absolute atomic E-state index is 0.117. The molecular formula is C8H13NO3S. The molecule has 4 unspecified atom stereocenters. The number of aliphatic hydroxyl groups is 1. The molecule has 5 atom stereocenters. The van der Waals surface area contributed by atoms with Crippen LogP contribution < -0.4 is 0 Å². The second-order valence-corrected chi connectivity index (χ2v) is 6.69. The average molecular weight is 203 g/mol. The van der Waals surface area contributed by atoms with Crippen LogP contribution in [0.5, 0.6) is 0 Å². The van der Waals surface area contributed by atoms with Gasteiger partial charge in [0.15, 0.2) is 0 Å². The summed E-state index contributed by atoms with van der Waals surface area (Å²) in [6, 6.07) is -0.117. The summed E-state index contributed by atoms with van der Waals surface area (Å²) in [6.07, 6.45) is 1.17. The molecule has 0 amide bonds. The van der Waals surface area contributed by atoms with Gasteiger partial charge in [-0.05, 0) is 24.7 Å². The van der Waals surface area contributed by atoms with Gasteiger partial charge in [0, 0.05) is 7.05 Å². The van der Waals surface area contributed by atoms with Gasteiger partial charge in [-0.2, -0.15) is 4.31 Å². The molecule has 3 fully saturated rings. The first-order valence-electron chi connectivity index (χ1n) is 4.68. The van der Waals surface area contributed by atoms with E-state index in [1.165, 1.54) is 4.31 Å². The highest BCUT2D eigenvalue weighted by Crippen LogP contribution is 2.54. The predicted molar refractivity (Wildman–Crippen MR) is 46.5 cm³/mol. The van der Waals surface area contributed by atoms with Crippen molar-refractivity contribution < 1.29 is 13.5 Å². The van der Waals surface area contributed by atoms with Crippen molar-refractivity contribution in [2.24, 2.45) is 11.8 Å². The van der Waals surface area contributed by atoms with Gasteiger partial charge in [0.1, 0.15) is 0 Å². The Labute approximate surface area is 77.6 Å². The second-order valence-electron chi connectivity index (χ2n) is 4.48. The normalized spacial score (nSPS) is 57.5. The van der Waals surface area contributed by atoms with Gasteiger partial charge in [-0.25, -0.2) is 8.42 Å². The quantitative estimate of drug-likeness (QED) is 0.572. The van der Waals surface area contributed by atoms with Crippen LogP contribution in [0.4, 0.5) is 0 Å². The first kappa shape index (κ1) is 8.20. The van der Waals surface area contributed by atoms with E-state index in [1.807, 2.05) is 0 Å². The van der Waals surface area contributed by atoms with E-state index in [2.05, 4.69) is 0 Å². The molecule has 3 rings (SSSR count). The zero-order chi connectivity index (χ0) is 9.38. The molecule has 3 aliphatic rings. The maximum Gasteiger partial charge on any atom is 0.217 e. The highest BCUT2D eigenvalue weighted by Gasteiger charge is 2.64. The minimum atomic E-state index is -3.07. The van der Waals surface area contributed by atoms with E-state index in [0.29, 0.717) is 6.42 Å². The standard InChI is InChI=1S/C8H13NO3S/c1-9-7-5-2-4(8(7)10)3-6(5)13(9,11)12/h4-8,10H,2-3H2,1H3/t4?,5?,6?,7?,8-/m0/s1. The van der Waals surface area contributed by atoms with E-state index in [9.17, 15) is 13.5 Å². The van der Waals surface area contributed by atoms with Gasteiger partial charge in [0.05, 0.1) is 17.4 Å². The Morgan fingerprint density at radius 3 is 2.62 bits per heavy atom. The fourth-order valence-corrected chi connectivity index (χ4v) is 5.70. The lowest BCUT2D eigenvalue weighted by Crippen LogP contribution is -2.39. The highest BCUT2D eigenvalue weighted by atomic mass is 32.2. The average Bonchev–Trinajstić information content (AvgIpc) is 2.62. The van der Waals surface area contributed by atoms with Crippen LogP contribution in [0.3, 0.4) is 0 Å². The number of hydrogen-bond acceptors (Lipinski definition) is 3. The van der Waals surface area contributed by atoms with Gasteiger partial charge in [-0.3, -0.25) is 0 Å². The van der Waals surface area contributed by atoms with E-state index in [1.54, 1.807) is 7.05 Å². The van der Waals surface area contributed by atoms with Gasteiger partial charge in [0.2, 0.25) is 10.0 Å². The van der Waals surface area contributed by atoms with E-state index in [0.717, 1.165) is 6.42 Å². The van der Waals surface area contributed by atoms with Crippen LogP contribution in [0.15, 0.2) is 0 Å². The molecule has 1 aliphatic heterocycles. The largest absolute Gasteiger partial charge is 0.391 e. The third kappa shape index (κ3) is 0.727. The van der Waals surface area contributed by atoms with E-state index < -0.39 is 16.1 Å². The summed E-state index contributed by atoms with van der Waals surface area (Å²) in [5.41, 5.74) is 0. The van der Waals surface area contributed by atoms with E-state index in [4.69, 9.17) is 0 Å².